The summed E-state index contributed by atoms with van der Waals surface area (Å²) in [4.78, 5) is 4.05. The number of nitrogens with zero attached hydrogens (tertiary/aromatic N) is 1. The Hall–Kier alpha value is -1.46. The van der Waals surface area contributed by atoms with E-state index in [-0.39, 0.29) is 0 Å². The molecule has 0 aliphatic rings. The topological polar surface area (TPSA) is 57.4 Å². The highest BCUT2D eigenvalue weighted by molar-refractivity contribution is 9.10. The maximum Gasteiger partial charge on any atom is 0.144 e. The molecule has 0 radical (unpaired) electrons. The fourth-order valence-electron chi connectivity index (χ4n) is 1.77. The smallest absolute Gasteiger partial charge is 0.144 e. The molecule has 4 nitrogen and oxygen atoms in total. The van der Waals surface area contributed by atoms with Crippen LogP contribution >= 0.6 is 27.5 Å². The fraction of sp³-hybridized carbons (Fsp3) is 0.154. The number of anilines is 1. The van der Waals surface area contributed by atoms with Crippen LogP contribution in [-0.4, -0.2) is 19.2 Å². The second-order valence-electron chi connectivity index (χ2n) is 3.75. The summed E-state index contributed by atoms with van der Waals surface area (Å²) in [5.74, 6) is 1.68. The molecule has 0 aliphatic carbocycles. The Morgan fingerprint density at radius 3 is 2.58 bits per heavy atom. The molecule has 2 rings (SSSR count). The summed E-state index contributed by atoms with van der Waals surface area (Å²) >= 11 is 9.41. The molecule has 0 saturated carbocycles. The van der Waals surface area contributed by atoms with Crippen LogP contribution in [0.15, 0.2) is 28.9 Å². The molecule has 6 heteroatoms. The summed E-state index contributed by atoms with van der Waals surface area (Å²) in [7, 11) is 3.17. The van der Waals surface area contributed by atoms with Gasteiger partial charge in [-0.15, -0.1) is 0 Å². The number of hydrogen-bond acceptors (Lipinski definition) is 4. The van der Waals surface area contributed by atoms with E-state index in [1.54, 1.807) is 20.3 Å². The minimum Gasteiger partial charge on any atom is -0.495 e. The average Bonchev–Trinajstić information content (AvgIpc) is 2.41. The Morgan fingerprint density at radius 2 is 1.95 bits per heavy atom. The lowest BCUT2D eigenvalue weighted by Gasteiger charge is -2.14. The third kappa shape index (κ3) is 2.62. The first kappa shape index (κ1) is 14.0. The van der Waals surface area contributed by atoms with Gasteiger partial charge in [-0.2, -0.15) is 0 Å². The molecular weight excluding hydrogens is 332 g/mol. The van der Waals surface area contributed by atoms with Crippen molar-refractivity contribution in [2.24, 2.45) is 0 Å². The average molecular weight is 344 g/mol. The van der Waals surface area contributed by atoms with Crippen LogP contribution in [0.2, 0.25) is 5.02 Å². The molecule has 0 spiro atoms. The van der Waals surface area contributed by atoms with Crippen molar-refractivity contribution in [3.63, 3.8) is 0 Å². The van der Waals surface area contributed by atoms with Gasteiger partial charge in [0.05, 0.1) is 19.2 Å². The van der Waals surface area contributed by atoms with Gasteiger partial charge in [0, 0.05) is 17.3 Å². The molecule has 2 N–H and O–H groups in total. The van der Waals surface area contributed by atoms with Crippen molar-refractivity contribution in [3.05, 3.63) is 33.9 Å². The fourth-order valence-corrected chi connectivity index (χ4v) is 2.60. The SMILES string of the molecule is COc1ccc(-c2cc(Cl)cnc2N)c(OC)c1Br. The van der Waals surface area contributed by atoms with E-state index in [4.69, 9.17) is 26.8 Å². The Bertz CT molecular complexity index is 620. The van der Waals surface area contributed by atoms with Gasteiger partial charge in [0.25, 0.3) is 0 Å². The van der Waals surface area contributed by atoms with Gasteiger partial charge in [-0.3, -0.25) is 0 Å². The van der Waals surface area contributed by atoms with Crippen molar-refractivity contribution >= 4 is 33.3 Å². The monoisotopic (exact) mass is 342 g/mol. The van der Waals surface area contributed by atoms with E-state index in [9.17, 15) is 0 Å². The third-order valence-corrected chi connectivity index (χ3v) is 3.62. The van der Waals surface area contributed by atoms with Crippen LogP contribution < -0.4 is 15.2 Å². The van der Waals surface area contributed by atoms with Crippen LogP contribution in [0.5, 0.6) is 11.5 Å². The normalized spacial score (nSPS) is 10.3. The summed E-state index contributed by atoms with van der Waals surface area (Å²) in [6.45, 7) is 0. The minimum atomic E-state index is 0.389. The number of aromatic nitrogens is 1. The van der Waals surface area contributed by atoms with E-state index < -0.39 is 0 Å². The summed E-state index contributed by atoms with van der Waals surface area (Å²) in [6, 6.07) is 5.43. The van der Waals surface area contributed by atoms with Crippen molar-refractivity contribution in [2.45, 2.75) is 0 Å². The molecular formula is C13H12BrClN2O2. The lowest BCUT2D eigenvalue weighted by molar-refractivity contribution is 0.390. The largest absolute Gasteiger partial charge is 0.495 e. The molecule has 1 aromatic heterocycles. The second kappa shape index (κ2) is 5.67. The van der Waals surface area contributed by atoms with Crippen LogP contribution in [0.25, 0.3) is 11.1 Å². The first-order valence-electron chi connectivity index (χ1n) is 5.40. The van der Waals surface area contributed by atoms with Crippen molar-refractivity contribution in [3.8, 4) is 22.6 Å². The van der Waals surface area contributed by atoms with Gasteiger partial charge in [-0.1, -0.05) is 11.6 Å². The number of halogens is 2. The molecule has 0 bridgehead atoms. The highest BCUT2D eigenvalue weighted by Crippen LogP contribution is 2.43. The zero-order chi connectivity index (χ0) is 14.0. The highest BCUT2D eigenvalue weighted by atomic mass is 79.9. The predicted octanol–water partition coefficient (Wildman–Crippen LogP) is 3.76. The molecule has 0 atom stereocenters. The number of rotatable bonds is 3. The summed E-state index contributed by atoms with van der Waals surface area (Å²) in [6.07, 6.45) is 1.51. The van der Waals surface area contributed by atoms with Gasteiger partial charge < -0.3 is 15.2 Å². The van der Waals surface area contributed by atoms with Gasteiger partial charge in [-0.05, 0) is 34.1 Å². The number of hydrogen-bond donors (Lipinski definition) is 1. The van der Waals surface area contributed by atoms with Gasteiger partial charge >= 0.3 is 0 Å². The van der Waals surface area contributed by atoms with Gasteiger partial charge in [0.1, 0.15) is 21.8 Å². The quantitative estimate of drug-likeness (QED) is 0.922. The van der Waals surface area contributed by atoms with Crippen LogP contribution in [0.3, 0.4) is 0 Å². The van der Waals surface area contributed by atoms with Crippen LogP contribution in [-0.2, 0) is 0 Å². The Balaban J connectivity index is 2.68. The van der Waals surface area contributed by atoms with E-state index in [0.717, 1.165) is 10.0 Å². The van der Waals surface area contributed by atoms with E-state index in [1.807, 2.05) is 12.1 Å². The molecule has 0 amide bonds. The maximum atomic E-state index is 5.97. The summed E-state index contributed by atoms with van der Waals surface area (Å²) in [5, 5.41) is 0.512. The molecule has 1 heterocycles. The number of pyridine rings is 1. The van der Waals surface area contributed by atoms with Crippen molar-refractivity contribution in [1.29, 1.82) is 0 Å². The minimum absolute atomic E-state index is 0.389. The van der Waals surface area contributed by atoms with E-state index in [2.05, 4.69) is 20.9 Å². The van der Waals surface area contributed by atoms with E-state index in [1.165, 1.54) is 6.20 Å². The molecule has 0 saturated heterocycles. The number of methoxy groups -OCH3 is 2. The van der Waals surface area contributed by atoms with Crippen molar-refractivity contribution < 1.29 is 9.47 Å². The van der Waals surface area contributed by atoms with E-state index in [0.29, 0.717) is 27.9 Å². The van der Waals surface area contributed by atoms with Gasteiger partial charge in [0.15, 0.2) is 0 Å². The maximum absolute atomic E-state index is 5.97. The van der Waals surface area contributed by atoms with Gasteiger partial charge in [-0.25, -0.2) is 4.98 Å². The van der Waals surface area contributed by atoms with Crippen molar-refractivity contribution in [2.75, 3.05) is 20.0 Å². The van der Waals surface area contributed by atoms with Gasteiger partial charge in [0.2, 0.25) is 0 Å². The summed E-state index contributed by atoms with van der Waals surface area (Å²) < 4.78 is 11.4. The van der Waals surface area contributed by atoms with Crippen LogP contribution in [0.1, 0.15) is 0 Å². The molecule has 1 aromatic carbocycles. The molecule has 100 valence electrons. The molecule has 0 unspecified atom stereocenters. The highest BCUT2D eigenvalue weighted by Gasteiger charge is 2.16. The molecule has 0 fully saturated rings. The number of nitrogens with two attached hydrogens (primary N) is 1. The number of ether oxygens (including phenoxy) is 2. The third-order valence-electron chi connectivity index (χ3n) is 2.66. The second-order valence-corrected chi connectivity index (χ2v) is 4.98. The number of nitrogen functional groups attached to an aromatic ring is 1. The number of benzene rings is 1. The Kier molecular flexibility index (Phi) is 4.17. The van der Waals surface area contributed by atoms with Crippen LogP contribution in [0.4, 0.5) is 5.82 Å². The first-order chi connectivity index (χ1) is 9.08. The first-order valence-corrected chi connectivity index (χ1v) is 6.57. The molecule has 19 heavy (non-hydrogen) atoms. The predicted molar refractivity (Wildman–Crippen MR) is 79.9 cm³/mol. The summed E-state index contributed by atoms with van der Waals surface area (Å²) in [5.41, 5.74) is 7.40. The lowest BCUT2D eigenvalue weighted by atomic mass is 10.1. The molecule has 0 aliphatic heterocycles. The van der Waals surface area contributed by atoms with Crippen LogP contribution in [0, 0.1) is 0 Å². The zero-order valence-corrected chi connectivity index (χ0v) is 12.7. The van der Waals surface area contributed by atoms with Crippen molar-refractivity contribution in [1.82, 2.24) is 4.98 Å². The Morgan fingerprint density at radius 1 is 1.21 bits per heavy atom. The molecule has 2 aromatic rings. The van der Waals surface area contributed by atoms with E-state index >= 15 is 0 Å². The zero-order valence-electron chi connectivity index (χ0n) is 10.4. The standard InChI is InChI=1S/C13H12BrClN2O2/c1-18-10-4-3-8(12(19-2)11(10)14)9-5-7(15)6-17-13(9)16/h3-6H,1-2H3,(H2,16,17). The Labute approximate surface area is 124 Å². The lowest BCUT2D eigenvalue weighted by Crippen LogP contribution is -1.97.